The molecule has 0 aliphatic carbocycles. The van der Waals surface area contributed by atoms with Gasteiger partial charge in [-0.3, -0.25) is 14.4 Å². The van der Waals surface area contributed by atoms with Crippen molar-refractivity contribution in [3.8, 4) is 5.88 Å². The molecule has 1 amide bonds. The van der Waals surface area contributed by atoms with Crippen molar-refractivity contribution < 1.29 is 9.53 Å². The van der Waals surface area contributed by atoms with E-state index in [4.69, 9.17) is 4.74 Å². The van der Waals surface area contributed by atoms with Crippen molar-refractivity contribution in [3.63, 3.8) is 0 Å². The molecule has 0 radical (unpaired) electrons. The second-order valence-corrected chi connectivity index (χ2v) is 6.94. The summed E-state index contributed by atoms with van der Waals surface area (Å²) in [5.41, 5.74) is 0.885. The van der Waals surface area contributed by atoms with E-state index in [-0.39, 0.29) is 11.9 Å². The maximum Gasteiger partial charge on any atom is 0.244 e. The van der Waals surface area contributed by atoms with Crippen LogP contribution in [0.15, 0.2) is 24.7 Å². The molecule has 0 N–H and O–H groups in total. The molecular formula is C18H25N7O2. The number of amides is 1. The Hall–Kier alpha value is -2.68. The Labute approximate surface area is 158 Å². The summed E-state index contributed by atoms with van der Waals surface area (Å²) in [7, 11) is 3.47. The summed E-state index contributed by atoms with van der Waals surface area (Å²) in [6.07, 6.45) is 7.29. The van der Waals surface area contributed by atoms with E-state index >= 15 is 0 Å². The van der Waals surface area contributed by atoms with E-state index < -0.39 is 0 Å². The molecule has 2 aromatic rings. The van der Waals surface area contributed by atoms with Crippen LogP contribution < -0.4 is 14.5 Å². The molecule has 0 bridgehead atoms. The lowest BCUT2D eigenvalue weighted by atomic mass is 10.0. The first kappa shape index (κ1) is 17.7. The number of piperazine rings is 1. The Kier molecular flexibility index (Phi) is 4.93. The SMILES string of the molecule is COc1ccnc(N2CCN([C@H]3CCCN(c4cnn(C)c4)C3=O)CC2)n1. The average Bonchev–Trinajstić information content (AvgIpc) is 3.14. The summed E-state index contributed by atoms with van der Waals surface area (Å²) in [4.78, 5) is 28.1. The van der Waals surface area contributed by atoms with Gasteiger partial charge in [0.25, 0.3) is 0 Å². The molecule has 2 aromatic heterocycles. The van der Waals surface area contributed by atoms with Gasteiger partial charge in [0, 0.05) is 58.2 Å². The number of carbonyl (C=O) groups is 1. The zero-order valence-corrected chi connectivity index (χ0v) is 15.8. The Morgan fingerprint density at radius 2 is 2.00 bits per heavy atom. The van der Waals surface area contributed by atoms with Gasteiger partial charge in [0.05, 0.1) is 25.0 Å². The number of piperidine rings is 1. The number of anilines is 2. The van der Waals surface area contributed by atoms with Crippen LogP contribution in [0.2, 0.25) is 0 Å². The van der Waals surface area contributed by atoms with E-state index in [1.54, 1.807) is 30.3 Å². The molecule has 4 heterocycles. The fraction of sp³-hybridized carbons (Fsp3) is 0.556. The van der Waals surface area contributed by atoms with Crippen LogP contribution in [0, 0.1) is 0 Å². The van der Waals surface area contributed by atoms with Gasteiger partial charge in [-0.05, 0) is 12.8 Å². The number of hydrogen-bond donors (Lipinski definition) is 0. The fourth-order valence-electron chi connectivity index (χ4n) is 3.83. The molecule has 2 fully saturated rings. The quantitative estimate of drug-likeness (QED) is 0.776. The first-order valence-corrected chi connectivity index (χ1v) is 9.32. The van der Waals surface area contributed by atoms with E-state index in [0.717, 1.165) is 51.3 Å². The molecule has 9 nitrogen and oxygen atoms in total. The highest BCUT2D eigenvalue weighted by Crippen LogP contribution is 2.24. The van der Waals surface area contributed by atoms with Gasteiger partial charge >= 0.3 is 0 Å². The van der Waals surface area contributed by atoms with Crippen molar-refractivity contribution in [2.75, 3.05) is 49.6 Å². The zero-order chi connectivity index (χ0) is 18.8. The van der Waals surface area contributed by atoms with Gasteiger partial charge in [0.1, 0.15) is 0 Å². The van der Waals surface area contributed by atoms with Gasteiger partial charge in [-0.1, -0.05) is 0 Å². The van der Waals surface area contributed by atoms with Gasteiger partial charge in [0.15, 0.2) is 0 Å². The smallest absolute Gasteiger partial charge is 0.244 e. The van der Waals surface area contributed by atoms with Crippen LogP contribution in [0.25, 0.3) is 0 Å². The van der Waals surface area contributed by atoms with Crippen LogP contribution in [-0.2, 0) is 11.8 Å². The van der Waals surface area contributed by atoms with Crippen molar-refractivity contribution in [2.24, 2.45) is 7.05 Å². The number of aryl methyl sites for hydroxylation is 1. The average molecular weight is 371 g/mol. The number of aromatic nitrogens is 4. The van der Waals surface area contributed by atoms with Crippen LogP contribution in [0.5, 0.6) is 5.88 Å². The lowest BCUT2D eigenvalue weighted by Gasteiger charge is -2.42. The van der Waals surface area contributed by atoms with Gasteiger partial charge in [0.2, 0.25) is 17.7 Å². The van der Waals surface area contributed by atoms with Crippen molar-refractivity contribution >= 4 is 17.5 Å². The molecule has 2 aliphatic heterocycles. The molecule has 0 aromatic carbocycles. The highest BCUT2D eigenvalue weighted by molar-refractivity contribution is 5.97. The molecule has 0 saturated carbocycles. The molecular weight excluding hydrogens is 346 g/mol. The van der Waals surface area contributed by atoms with Gasteiger partial charge in [-0.2, -0.15) is 10.1 Å². The van der Waals surface area contributed by atoms with Crippen LogP contribution in [0.3, 0.4) is 0 Å². The zero-order valence-electron chi connectivity index (χ0n) is 15.8. The minimum Gasteiger partial charge on any atom is -0.481 e. The summed E-state index contributed by atoms with van der Waals surface area (Å²) < 4.78 is 6.92. The lowest BCUT2D eigenvalue weighted by molar-refractivity contribution is -0.125. The van der Waals surface area contributed by atoms with Crippen molar-refractivity contribution in [2.45, 2.75) is 18.9 Å². The third-order valence-electron chi connectivity index (χ3n) is 5.28. The van der Waals surface area contributed by atoms with Crippen molar-refractivity contribution in [1.29, 1.82) is 0 Å². The first-order valence-electron chi connectivity index (χ1n) is 9.32. The van der Waals surface area contributed by atoms with E-state index in [1.165, 1.54) is 0 Å². The standard InChI is InChI=1S/C18H25N7O2/c1-22-13-14(12-20-22)25-7-3-4-15(17(25)26)23-8-10-24(11-9-23)18-19-6-5-16(21-18)27-2/h5-6,12-13,15H,3-4,7-11H2,1-2H3/t15-/m0/s1. The minimum atomic E-state index is -0.0627. The summed E-state index contributed by atoms with van der Waals surface area (Å²) in [5, 5.41) is 4.20. The van der Waals surface area contributed by atoms with E-state index in [1.807, 2.05) is 18.1 Å². The van der Waals surface area contributed by atoms with E-state index in [9.17, 15) is 4.79 Å². The number of methoxy groups -OCH3 is 1. The Morgan fingerprint density at radius 3 is 2.70 bits per heavy atom. The lowest BCUT2D eigenvalue weighted by Crippen LogP contribution is -2.58. The van der Waals surface area contributed by atoms with Gasteiger partial charge in [-0.15, -0.1) is 0 Å². The predicted molar refractivity (Wildman–Crippen MR) is 101 cm³/mol. The van der Waals surface area contributed by atoms with Crippen molar-refractivity contribution in [1.82, 2.24) is 24.6 Å². The molecule has 0 unspecified atom stereocenters. The number of carbonyl (C=O) groups excluding carboxylic acids is 1. The second kappa shape index (κ2) is 7.51. The van der Waals surface area contributed by atoms with Crippen LogP contribution in [0.4, 0.5) is 11.6 Å². The Morgan fingerprint density at radius 1 is 1.19 bits per heavy atom. The number of nitrogens with zero attached hydrogens (tertiary/aromatic N) is 7. The molecule has 9 heteroatoms. The number of rotatable bonds is 4. The largest absolute Gasteiger partial charge is 0.481 e. The Bertz CT molecular complexity index is 801. The molecule has 1 atom stereocenters. The van der Waals surface area contributed by atoms with Gasteiger partial charge in [-0.25, -0.2) is 4.98 Å². The molecule has 2 aliphatic rings. The highest BCUT2D eigenvalue weighted by atomic mass is 16.5. The molecule has 4 rings (SSSR count). The van der Waals surface area contributed by atoms with E-state index in [2.05, 4.69) is 24.9 Å². The summed E-state index contributed by atoms with van der Waals surface area (Å²) in [6.45, 7) is 3.99. The third-order valence-corrected chi connectivity index (χ3v) is 5.28. The van der Waals surface area contributed by atoms with Crippen LogP contribution in [0.1, 0.15) is 12.8 Å². The maximum atomic E-state index is 13.1. The van der Waals surface area contributed by atoms with E-state index in [0.29, 0.717) is 11.8 Å². The minimum absolute atomic E-state index is 0.0627. The highest BCUT2D eigenvalue weighted by Gasteiger charge is 2.36. The van der Waals surface area contributed by atoms with Crippen LogP contribution >= 0.6 is 0 Å². The summed E-state index contributed by atoms with van der Waals surface area (Å²) >= 11 is 0. The molecule has 0 spiro atoms. The van der Waals surface area contributed by atoms with Gasteiger partial charge < -0.3 is 14.5 Å². The monoisotopic (exact) mass is 371 g/mol. The van der Waals surface area contributed by atoms with Crippen molar-refractivity contribution in [3.05, 3.63) is 24.7 Å². The molecule has 27 heavy (non-hydrogen) atoms. The maximum absolute atomic E-state index is 13.1. The third kappa shape index (κ3) is 3.59. The number of ether oxygens (including phenoxy) is 1. The fourth-order valence-corrected chi connectivity index (χ4v) is 3.83. The van der Waals surface area contributed by atoms with Crippen LogP contribution in [-0.4, -0.2) is 76.4 Å². The molecule has 2 saturated heterocycles. The predicted octanol–water partition coefficient (Wildman–Crippen LogP) is 0.536. The normalized spacial score (nSPS) is 21.6. The summed E-state index contributed by atoms with van der Waals surface area (Å²) in [6, 6.07) is 1.68. The first-order chi connectivity index (χ1) is 13.2. The topological polar surface area (TPSA) is 79.6 Å². The Balaban J connectivity index is 1.40. The number of hydrogen-bond acceptors (Lipinski definition) is 7. The second-order valence-electron chi connectivity index (χ2n) is 6.94. The summed E-state index contributed by atoms with van der Waals surface area (Å²) in [5.74, 6) is 1.43. The molecule has 144 valence electrons.